The molecule has 0 saturated carbocycles. The lowest BCUT2D eigenvalue weighted by atomic mass is 10.2. The molecular weight excluding hydrogens is 422 g/mol. The minimum absolute atomic E-state index is 0.808. The molecule has 0 saturated heterocycles. The first-order chi connectivity index (χ1) is 16.7. The summed E-state index contributed by atoms with van der Waals surface area (Å²) < 4.78 is 4.13. The van der Waals surface area contributed by atoms with E-state index in [9.17, 15) is 0 Å². The van der Waals surface area contributed by atoms with Crippen molar-refractivity contribution in [3.8, 4) is 34.2 Å². The van der Waals surface area contributed by atoms with Gasteiger partial charge in [-0.25, -0.2) is 9.97 Å². The molecule has 0 bridgehead atoms. The lowest BCUT2D eigenvalue weighted by Crippen LogP contribution is -1.98. The normalized spacial score (nSPS) is 11.2. The fourth-order valence-corrected chi connectivity index (χ4v) is 4.09. The van der Waals surface area contributed by atoms with Crippen LogP contribution in [0.2, 0.25) is 0 Å². The lowest BCUT2D eigenvalue weighted by Gasteiger charge is -2.09. The van der Waals surface area contributed by atoms with E-state index in [2.05, 4.69) is 65.6 Å². The van der Waals surface area contributed by atoms with Crippen LogP contribution in [0.1, 0.15) is 11.3 Å². The number of aryl methyl sites for hydroxylation is 2. The largest absolute Gasteiger partial charge is 0.300 e. The molecular formula is C27H21N7. The van der Waals surface area contributed by atoms with Crippen LogP contribution in [0.3, 0.4) is 0 Å². The standard InChI is InChI=1S/C27H21N7/c1-18-16-33(27-25(18)29-13-14-30-27)21-10-7-20(8-11-21)26-32-24(23-5-3-4-12-28-23)17-34(26)22-9-6-19(2)31-15-22/h3-17H,1-2H3. The highest BCUT2D eigenvalue weighted by Crippen LogP contribution is 2.28. The van der Waals surface area contributed by atoms with Gasteiger partial charge in [0.15, 0.2) is 5.65 Å². The van der Waals surface area contributed by atoms with Gasteiger partial charge in [-0.05, 0) is 67.9 Å². The highest BCUT2D eigenvalue weighted by molar-refractivity contribution is 5.77. The fraction of sp³-hybridized carbons (Fsp3) is 0.0741. The van der Waals surface area contributed by atoms with Crippen molar-refractivity contribution < 1.29 is 0 Å². The Morgan fingerprint density at radius 2 is 1.47 bits per heavy atom. The summed E-state index contributed by atoms with van der Waals surface area (Å²) in [5.41, 5.74) is 8.41. The van der Waals surface area contributed by atoms with Gasteiger partial charge in [0.2, 0.25) is 0 Å². The van der Waals surface area contributed by atoms with Gasteiger partial charge in [-0.2, -0.15) is 0 Å². The number of pyridine rings is 2. The maximum atomic E-state index is 4.95. The zero-order chi connectivity index (χ0) is 23.1. The molecule has 0 radical (unpaired) electrons. The van der Waals surface area contributed by atoms with Gasteiger partial charge in [0.25, 0.3) is 0 Å². The lowest BCUT2D eigenvalue weighted by molar-refractivity contribution is 1.03. The van der Waals surface area contributed by atoms with Crippen molar-refractivity contribution >= 4 is 11.2 Å². The summed E-state index contributed by atoms with van der Waals surface area (Å²) in [5.74, 6) is 0.825. The van der Waals surface area contributed by atoms with Crippen LogP contribution in [0.4, 0.5) is 0 Å². The summed E-state index contributed by atoms with van der Waals surface area (Å²) in [5, 5.41) is 0. The van der Waals surface area contributed by atoms with Crippen LogP contribution in [0, 0.1) is 13.8 Å². The van der Waals surface area contributed by atoms with Gasteiger partial charge < -0.3 is 0 Å². The van der Waals surface area contributed by atoms with Crippen LogP contribution in [0.15, 0.2) is 91.8 Å². The van der Waals surface area contributed by atoms with Crippen LogP contribution in [0.5, 0.6) is 0 Å². The zero-order valence-corrected chi connectivity index (χ0v) is 18.8. The van der Waals surface area contributed by atoms with Crippen molar-refractivity contribution in [2.24, 2.45) is 0 Å². The molecule has 0 spiro atoms. The summed E-state index contributed by atoms with van der Waals surface area (Å²) >= 11 is 0. The molecule has 34 heavy (non-hydrogen) atoms. The molecule has 7 heteroatoms. The van der Waals surface area contributed by atoms with E-state index >= 15 is 0 Å². The second-order valence-corrected chi connectivity index (χ2v) is 8.15. The maximum absolute atomic E-state index is 4.95. The summed E-state index contributed by atoms with van der Waals surface area (Å²) in [4.78, 5) is 22.9. The summed E-state index contributed by atoms with van der Waals surface area (Å²) in [6.07, 6.45) is 11.2. The van der Waals surface area contributed by atoms with Gasteiger partial charge in [-0.3, -0.25) is 24.1 Å². The number of fused-ring (bicyclic) bond motifs is 1. The quantitative estimate of drug-likeness (QED) is 0.367. The van der Waals surface area contributed by atoms with E-state index in [0.717, 1.165) is 56.6 Å². The van der Waals surface area contributed by atoms with Crippen molar-refractivity contribution in [2.45, 2.75) is 13.8 Å². The molecule has 1 aromatic carbocycles. The van der Waals surface area contributed by atoms with Gasteiger partial charge >= 0.3 is 0 Å². The second-order valence-electron chi connectivity index (χ2n) is 8.15. The molecule has 0 N–H and O–H groups in total. The molecule has 5 heterocycles. The molecule has 5 aromatic heterocycles. The predicted molar refractivity (Wildman–Crippen MR) is 132 cm³/mol. The molecule has 7 nitrogen and oxygen atoms in total. The number of aromatic nitrogens is 7. The first-order valence-corrected chi connectivity index (χ1v) is 11.0. The van der Waals surface area contributed by atoms with E-state index in [1.54, 1.807) is 18.6 Å². The molecule has 0 amide bonds. The first-order valence-electron chi connectivity index (χ1n) is 11.0. The molecule has 0 aliphatic rings. The molecule has 6 aromatic rings. The van der Waals surface area contributed by atoms with Gasteiger partial charge in [-0.1, -0.05) is 6.07 Å². The van der Waals surface area contributed by atoms with Crippen molar-refractivity contribution in [3.05, 3.63) is 103 Å². The summed E-state index contributed by atoms with van der Waals surface area (Å²) in [7, 11) is 0. The third-order valence-corrected chi connectivity index (χ3v) is 5.81. The highest BCUT2D eigenvalue weighted by atomic mass is 15.1. The van der Waals surface area contributed by atoms with Crippen LogP contribution in [0.25, 0.3) is 45.3 Å². The topological polar surface area (TPSA) is 74.3 Å². The highest BCUT2D eigenvalue weighted by Gasteiger charge is 2.15. The Morgan fingerprint density at radius 1 is 0.647 bits per heavy atom. The number of nitrogens with zero attached hydrogens (tertiary/aromatic N) is 7. The van der Waals surface area contributed by atoms with Crippen LogP contribution < -0.4 is 0 Å². The van der Waals surface area contributed by atoms with Crippen molar-refractivity contribution in [2.75, 3.05) is 0 Å². The monoisotopic (exact) mass is 443 g/mol. The fourth-order valence-electron chi connectivity index (χ4n) is 4.09. The molecule has 0 aliphatic heterocycles. The summed E-state index contributed by atoms with van der Waals surface area (Å²) in [6, 6.07) is 18.2. The van der Waals surface area contributed by atoms with Gasteiger partial charge in [0.1, 0.15) is 17.0 Å². The minimum atomic E-state index is 0.808. The van der Waals surface area contributed by atoms with Crippen LogP contribution in [-0.4, -0.2) is 34.1 Å². The van der Waals surface area contributed by atoms with Gasteiger partial charge in [0, 0.05) is 47.9 Å². The Labute approximate surface area is 196 Å². The zero-order valence-electron chi connectivity index (χ0n) is 18.8. The molecule has 6 rings (SSSR count). The molecule has 0 unspecified atom stereocenters. The number of rotatable bonds is 4. The van der Waals surface area contributed by atoms with E-state index in [1.807, 2.05) is 50.5 Å². The predicted octanol–water partition coefficient (Wildman–Crippen LogP) is 5.35. The van der Waals surface area contributed by atoms with E-state index in [0.29, 0.717) is 0 Å². The molecule has 0 fully saturated rings. The molecule has 0 aliphatic carbocycles. The SMILES string of the molecule is Cc1ccc(-n2cc(-c3ccccn3)nc2-c2ccc(-n3cc(C)c4nccnc43)cc2)cn1. The van der Waals surface area contributed by atoms with Crippen molar-refractivity contribution in [1.82, 2.24) is 34.1 Å². The maximum Gasteiger partial charge on any atom is 0.163 e. The number of hydrogen-bond donors (Lipinski definition) is 0. The smallest absolute Gasteiger partial charge is 0.163 e. The average molecular weight is 444 g/mol. The number of hydrogen-bond acceptors (Lipinski definition) is 5. The Balaban J connectivity index is 1.46. The second kappa shape index (κ2) is 8.04. The minimum Gasteiger partial charge on any atom is -0.300 e. The van der Waals surface area contributed by atoms with Gasteiger partial charge in [0.05, 0.1) is 17.6 Å². The Morgan fingerprint density at radius 3 is 2.24 bits per heavy atom. The van der Waals surface area contributed by atoms with E-state index < -0.39 is 0 Å². The van der Waals surface area contributed by atoms with E-state index in [-0.39, 0.29) is 0 Å². The van der Waals surface area contributed by atoms with Crippen molar-refractivity contribution in [1.29, 1.82) is 0 Å². The van der Waals surface area contributed by atoms with Crippen LogP contribution in [-0.2, 0) is 0 Å². The third kappa shape index (κ3) is 3.44. The number of benzene rings is 1. The Kier molecular flexibility index (Phi) is 4.73. The first kappa shape index (κ1) is 20.0. The van der Waals surface area contributed by atoms with Crippen LogP contribution >= 0.6 is 0 Å². The summed E-state index contributed by atoms with van der Waals surface area (Å²) in [6.45, 7) is 4.03. The Bertz CT molecular complexity index is 1600. The Hall–Kier alpha value is -4.65. The third-order valence-electron chi connectivity index (χ3n) is 5.81. The molecule has 164 valence electrons. The number of imidazole rings is 1. The van der Waals surface area contributed by atoms with Crippen molar-refractivity contribution in [3.63, 3.8) is 0 Å². The average Bonchev–Trinajstić information content (AvgIpc) is 3.48. The molecule has 0 atom stereocenters. The van der Waals surface area contributed by atoms with E-state index in [4.69, 9.17) is 4.98 Å². The van der Waals surface area contributed by atoms with E-state index in [1.165, 1.54) is 0 Å². The van der Waals surface area contributed by atoms with Gasteiger partial charge in [-0.15, -0.1) is 0 Å².